The van der Waals surface area contributed by atoms with Gasteiger partial charge in [-0.25, -0.2) is 4.99 Å². The van der Waals surface area contributed by atoms with Crippen LogP contribution in [0.5, 0.6) is 0 Å². The minimum Gasteiger partial charge on any atom is -0.466 e. The van der Waals surface area contributed by atoms with Crippen LogP contribution in [0.15, 0.2) is 56.5 Å². The molecule has 0 saturated carbocycles. The van der Waals surface area contributed by atoms with E-state index in [1.807, 2.05) is 6.92 Å². The maximum atomic E-state index is 10.6. The number of hydrogen-bond acceptors (Lipinski definition) is 4. The average Bonchev–Trinajstić information content (AvgIpc) is 3.33. The Kier molecular flexibility index (Phi) is 8.63. The fraction of sp³-hybridized carbons (Fsp3) is 0.450. The maximum Gasteiger partial charge on any atom is 0.191 e. The molecular formula is C20H28BrIN4O2. The molecule has 6 nitrogen and oxygen atoms in total. The number of hydrogen-bond donors (Lipinski definition) is 3. The lowest BCUT2D eigenvalue weighted by atomic mass is 10.0. The Morgan fingerprint density at radius 2 is 2.11 bits per heavy atom. The highest BCUT2D eigenvalue weighted by molar-refractivity contribution is 14.0. The van der Waals surface area contributed by atoms with Crippen molar-refractivity contribution in [1.29, 1.82) is 0 Å². The molecule has 3 rings (SSSR count). The van der Waals surface area contributed by atoms with Gasteiger partial charge in [-0.1, -0.05) is 15.9 Å². The zero-order valence-corrected chi connectivity index (χ0v) is 20.1. The van der Waals surface area contributed by atoms with E-state index < -0.39 is 5.60 Å². The number of aliphatic hydroxyl groups is 1. The normalized spacial score (nSPS) is 19.1. The van der Waals surface area contributed by atoms with Crippen molar-refractivity contribution in [3.8, 4) is 0 Å². The van der Waals surface area contributed by atoms with Crippen molar-refractivity contribution in [2.24, 2.45) is 4.99 Å². The molecule has 8 heteroatoms. The topological polar surface area (TPSA) is 73.0 Å². The molecule has 154 valence electrons. The van der Waals surface area contributed by atoms with Crippen LogP contribution in [0, 0.1) is 0 Å². The van der Waals surface area contributed by atoms with Gasteiger partial charge in [0, 0.05) is 35.8 Å². The number of aliphatic imine (C=N–C) groups is 1. The van der Waals surface area contributed by atoms with Crippen molar-refractivity contribution < 1.29 is 9.52 Å². The Balaban J connectivity index is 0.00000280. The van der Waals surface area contributed by atoms with E-state index in [0.717, 1.165) is 30.5 Å². The van der Waals surface area contributed by atoms with Gasteiger partial charge in [-0.15, -0.1) is 24.0 Å². The van der Waals surface area contributed by atoms with Crippen LogP contribution in [0.1, 0.15) is 26.0 Å². The molecule has 2 atom stereocenters. The van der Waals surface area contributed by atoms with Crippen LogP contribution in [-0.4, -0.2) is 43.3 Å². The monoisotopic (exact) mass is 562 g/mol. The fourth-order valence-electron chi connectivity index (χ4n) is 3.17. The molecule has 3 N–H and O–H groups in total. The predicted molar refractivity (Wildman–Crippen MR) is 128 cm³/mol. The number of nitrogens with one attached hydrogen (secondary N) is 2. The quantitative estimate of drug-likeness (QED) is 0.284. The molecular weight excluding hydrogens is 535 g/mol. The van der Waals surface area contributed by atoms with Crippen molar-refractivity contribution >= 4 is 51.6 Å². The van der Waals surface area contributed by atoms with Gasteiger partial charge in [-0.3, -0.25) is 0 Å². The Bertz CT molecular complexity index is 750. The summed E-state index contributed by atoms with van der Waals surface area (Å²) >= 11 is 3.48. The smallest absolute Gasteiger partial charge is 0.191 e. The van der Waals surface area contributed by atoms with Gasteiger partial charge >= 0.3 is 0 Å². The van der Waals surface area contributed by atoms with Crippen molar-refractivity contribution in [1.82, 2.24) is 10.6 Å². The van der Waals surface area contributed by atoms with E-state index in [0.29, 0.717) is 17.8 Å². The summed E-state index contributed by atoms with van der Waals surface area (Å²) in [7, 11) is 0. The number of furan rings is 1. The zero-order valence-electron chi connectivity index (χ0n) is 16.2. The summed E-state index contributed by atoms with van der Waals surface area (Å²) in [5.74, 6) is 1.23. The van der Waals surface area contributed by atoms with Gasteiger partial charge in [0.15, 0.2) is 5.96 Å². The first-order valence-electron chi connectivity index (χ1n) is 9.29. The first-order valence-corrected chi connectivity index (χ1v) is 10.1. The van der Waals surface area contributed by atoms with Gasteiger partial charge in [0.1, 0.15) is 11.4 Å². The highest BCUT2D eigenvalue weighted by Gasteiger charge is 2.27. The lowest BCUT2D eigenvalue weighted by Crippen LogP contribution is -2.45. The third-order valence-electron chi connectivity index (χ3n) is 4.66. The lowest BCUT2D eigenvalue weighted by Gasteiger charge is -2.22. The van der Waals surface area contributed by atoms with E-state index >= 15 is 0 Å². The number of nitrogens with zero attached hydrogens (tertiary/aromatic N) is 2. The number of guanidine groups is 1. The van der Waals surface area contributed by atoms with Crippen molar-refractivity contribution in [3.05, 3.63) is 52.9 Å². The van der Waals surface area contributed by atoms with E-state index in [9.17, 15) is 5.11 Å². The molecule has 0 amide bonds. The minimum absolute atomic E-state index is 0. The first kappa shape index (κ1) is 23.0. The van der Waals surface area contributed by atoms with E-state index in [2.05, 4.69) is 60.7 Å². The van der Waals surface area contributed by atoms with Crippen molar-refractivity contribution in [2.75, 3.05) is 31.1 Å². The molecule has 0 spiro atoms. The van der Waals surface area contributed by atoms with Gasteiger partial charge < -0.3 is 25.1 Å². The molecule has 1 aliphatic heterocycles. The van der Waals surface area contributed by atoms with Crippen LogP contribution in [0.2, 0.25) is 0 Å². The lowest BCUT2D eigenvalue weighted by molar-refractivity contribution is 0.0437. The molecule has 1 aliphatic rings. The number of rotatable bonds is 6. The summed E-state index contributed by atoms with van der Waals surface area (Å²) in [5, 5.41) is 17.4. The molecule has 1 aromatic heterocycles. The van der Waals surface area contributed by atoms with Gasteiger partial charge in [0.2, 0.25) is 0 Å². The summed E-state index contributed by atoms with van der Waals surface area (Å²) in [6.45, 7) is 6.65. The zero-order chi connectivity index (χ0) is 19.3. The van der Waals surface area contributed by atoms with E-state index in [1.165, 1.54) is 5.69 Å². The largest absolute Gasteiger partial charge is 0.466 e. The highest BCUT2D eigenvalue weighted by atomic mass is 127. The molecule has 1 aromatic carbocycles. The molecule has 1 saturated heterocycles. The number of halogens is 2. The molecule has 0 bridgehead atoms. The summed E-state index contributed by atoms with van der Waals surface area (Å²) in [6, 6.07) is 12.2. The van der Waals surface area contributed by atoms with Gasteiger partial charge in [-0.05, 0) is 56.7 Å². The summed E-state index contributed by atoms with van der Waals surface area (Å²) < 4.78 is 6.41. The molecule has 2 unspecified atom stereocenters. The van der Waals surface area contributed by atoms with Crippen molar-refractivity contribution in [3.63, 3.8) is 0 Å². The van der Waals surface area contributed by atoms with Crippen LogP contribution < -0.4 is 15.5 Å². The van der Waals surface area contributed by atoms with Gasteiger partial charge in [-0.2, -0.15) is 0 Å². The predicted octanol–water partition coefficient (Wildman–Crippen LogP) is 3.70. The maximum absolute atomic E-state index is 10.6. The molecule has 28 heavy (non-hydrogen) atoms. The molecule has 2 heterocycles. The van der Waals surface area contributed by atoms with E-state index in [1.54, 1.807) is 25.3 Å². The Labute approximate surface area is 191 Å². The van der Waals surface area contributed by atoms with Crippen LogP contribution in [0.4, 0.5) is 5.69 Å². The average molecular weight is 563 g/mol. The van der Waals surface area contributed by atoms with Crippen molar-refractivity contribution in [2.45, 2.75) is 31.9 Å². The second-order valence-electron chi connectivity index (χ2n) is 7.00. The van der Waals surface area contributed by atoms with Crippen LogP contribution in [0.3, 0.4) is 0 Å². The first-order chi connectivity index (χ1) is 13.0. The van der Waals surface area contributed by atoms with E-state index in [-0.39, 0.29) is 30.5 Å². The van der Waals surface area contributed by atoms with Gasteiger partial charge in [0.25, 0.3) is 0 Å². The second-order valence-corrected chi connectivity index (χ2v) is 7.91. The Morgan fingerprint density at radius 1 is 1.36 bits per heavy atom. The van der Waals surface area contributed by atoms with E-state index in [4.69, 9.17) is 4.42 Å². The Morgan fingerprint density at radius 3 is 2.75 bits per heavy atom. The number of benzene rings is 1. The Hall–Kier alpha value is -1.26. The number of anilines is 1. The van der Waals surface area contributed by atoms with Crippen LogP contribution >= 0.6 is 39.9 Å². The highest BCUT2D eigenvalue weighted by Crippen LogP contribution is 2.23. The SMILES string of the molecule is CCNC(=NCC(C)(O)c1ccco1)NC1CCN(c2ccc(Br)cc2)C1.I. The molecule has 2 aromatic rings. The second kappa shape index (κ2) is 10.5. The van der Waals surface area contributed by atoms with Crippen LogP contribution in [-0.2, 0) is 5.60 Å². The van der Waals surface area contributed by atoms with Crippen LogP contribution in [0.25, 0.3) is 0 Å². The third kappa shape index (κ3) is 6.12. The fourth-order valence-corrected chi connectivity index (χ4v) is 3.44. The van der Waals surface area contributed by atoms with Gasteiger partial charge in [0.05, 0.1) is 12.8 Å². The summed E-state index contributed by atoms with van der Waals surface area (Å²) in [5.41, 5.74) is 0.0931. The molecule has 1 fully saturated rings. The molecule has 0 aliphatic carbocycles. The summed E-state index contributed by atoms with van der Waals surface area (Å²) in [6.07, 6.45) is 2.60. The standard InChI is InChI=1S/C20H27BrN4O2.HI/c1-3-22-19(23-14-20(2,26)18-5-4-12-27-18)24-16-10-11-25(13-16)17-8-6-15(21)7-9-17;/h4-9,12,16,26H,3,10-11,13-14H2,1-2H3,(H2,22,23,24);1H. The summed E-state index contributed by atoms with van der Waals surface area (Å²) in [4.78, 5) is 6.94. The third-order valence-corrected chi connectivity index (χ3v) is 5.19. The minimum atomic E-state index is -1.13. The molecule has 0 radical (unpaired) electrons.